The number of ether oxygens (including phenoxy) is 1. The molecule has 9 nitrogen and oxygen atoms in total. The number of rotatable bonds is 6. The molecule has 2 aromatic rings. The Morgan fingerprint density at radius 3 is 2.54 bits per heavy atom. The van der Waals surface area contributed by atoms with Gasteiger partial charge >= 0.3 is 0 Å². The summed E-state index contributed by atoms with van der Waals surface area (Å²) in [6.07, 6.45) is -0.0730. The average molecular weight is 491 g/mol. The highest BCUT2D eigenvalue weighted by Gasteiger charge is 2.41. The van der Waals surface area contributed by atoms with E-state index in [0.29, 0.717) is 23.4 Å². The largest absolute Gasteiger partial charge is 0.415 e. The molecule has 0 saturated carbocycles. The Morgan fingerprint density at radius 1 is 1.25 bits per heavy atom. The van der Waals surface area contributed by atoms with Gasteiger partial charge < -0.3 is 19.3 Å². The zero-order valence-corrected chi connectivity index (χ0v) is 20.7. The predicted molar refractivity (Wildman–Crippen MR) is 116 cm³/mol. The zero-order valence-electron chi connectivity index (χ0n) is 17.1. The van der Waals surface area contributed by atoms with Gasteiger partial charge in [0.05, 0.1) is 12.7 Å². The fourth-order valence-electron chi connectivity index (χ4n) is 3.15. The minimum absolute atomic E-state index is 0.0395. The van der Waals surface area contributed by atoms with Gasteiger partial charge in [-0.25, -0.2) is 4.98 Å². The van der Waals surface area contributed by atoms with Crippen LogP contribution < -0.4 is 11.3 Å². The third-order valence-electron chi connectivity index (χ3n) is 4.18. The first-order valence-corrected chi connectivity index (χ1v) is 16.9. The van der Waals surface area contributed by atoms with E-state index < -0.39 is 16.6 Å². The number of nitrogen functional groups attached to an aromatic ring is 1. The molecule has 2 aromatic heterocycles. The first-order valence-electron chi connectivity index (χ1n) is 9.24. The maximum Gasteiger partial charge on any atom is 0.280 e. The molecular weight excluding hydrogens is 462 g/mol. The minimum atomic E-state index is -1.79. The molecular formula is C16H28BrN5O4Si2. The third-order valence-corrected chi connectivity index (χ3v) is 6.78. The number of hydrogen-bond donors (Lipinski definition) is 2. The number of nitrogens with one attached hydrogen (secondary N) is 1. The fraction of sp³-hybridized carbons (Fsp3) is 0.688. The number of nitrogens with two attached hydrogens (primary N) is 1. The van der Waals surface area contributed by atoms with Gasteiger partial charge in [-0.1, -0.05) is 0 Å². The molecule has 1 fully saturated rings. The molecule has 0 unspecified atom stereocenters. The minimum Gasteiger partial charge on any atom is -0.415 e. The van der Waals surface area contributed by atoms with E-state index in [1.54, 1.807) is 4.57 Å². The molecule has 1 saturated heterocycles. The average Bonchev–Trinajstić information content (AvgIpc) is 3.03. The Hall–Kier alpha value is -1.06. The zero-order chi connectivity index (χ0) is 20.9. The number of fused-ring (bicyclic) bond motifs is 1. The Labute approximate surface area is 174 Å². The van der Waals surface area contributed by atoms with Crippen LogP contribution in [0.3, 0.4) is 0 Å². The quantitative estimate of drug-likeness (QED) is 0.472. The molecule has 3 rings (SSSR count). The summed E-state index contributed by atoms with van der Waals surface area (Å²) in [5, 5.41) is 0. The van der Waals surface area contributed by atoms with Gasteiger partial charge in [0, 0.05) is 6.42 Å². The number of hydrogen-bond acceptors (Lipinski definition) is 7. The van der Waals surface area contributed by atoms with E-state index in [2.05, 4.69) is 70.2 Å². The molecule has 3 heterocycles. The van der Waals surface area contributed by atoms with E-state index in [1.807, 2.05) is 0 Å². The van der Waals surface area contributed by atoms with Crippen LogP contribution in [-0.2, 0) is 13.6 Å². The monoisotopic (exact) mass is 489 g/mol. The second kappa shape index (κ2) is 7.65. The van der Waals surface area contributed by atoms with Gasteiger partial charge in [0.25, 0.3) is 5.56 Å². The van der Waals surface area contributed by atoms with Gasteiger partial charge in [-0.15, -0.1) is 0 Å². The van der Waals surface area contributed by atoms with E-state index in [9.17, 15) is 4.79 Å². The van der Waals surface area contributed by atoms with Crippen molar-refractivity contribution in [2.75, 3.05) is 12.3 Å². The highest BCUT2D eigenvalue weighted by atomic mass is 79.9. The lowest BCUT2D eigenvalue weighted by atomic mass is 10.2. The van der Waals surface area contributed by atoms with E-state index >= 15 is 0 Å². The number of anilines is 1. The normalized spacial score (nSPS) is 23.6. The molecule has 0 bridgehead atoms. The highest BCUT2D eigenvalue weighted by Crippen LogP contribution is 2.36. The molecule has 3 N–H and O–H groups in total. The van der Waals surface area contributed by atoms with E-state index in [4.69, 9.17) is 19.3 Å². The summed E-state index contributed by atoms with van der Waals surface area (Å²) < 4.78 is 21.0. The van der Waals surface area contributed by atoms with E-state index in [1.165, 1.54) is 0 Å². The number of H-pyrrole nitrogens is 1. The van der Waals surface area contributed by atoms with Gasteiger partial charge in [0.15, 0.2) is 32.5 Å². The number of imidazole rings is 1. The predicted octanol–water partition coefficient (Wildman–Crippen LogP) is 2.82. The van der Waals surface area contributed by atoms with E-state index in [0.717, 1.165) is 0 Å². The molecule has 1 aliphatic rings. The van der Waals surface area contributed by atoms with Crippen LogP contribution in [0.15, 0.2) is 9.53 Å². The molecule has 0 radical (unpaired) electrons. The summed E-state index contributed by atoms with van der Waals surface area (Å²) in [5.74, 6) is 0.0395. The van der Waals surface area contributed by atoms with Crippen molar-refractivity contribution in [1.82, 2.24) is 19.5 Å². The first kappa shape index (κ1) is 21.6. The number of halogens is 1. The van der Waals surface area contributed by atoms with Crippen LogP contribution in [0.25, 0.3) is 11.2 Å². The third kappa shape index (κ3) is 4.91. The summed E-state index contributed by atoms with van der Waals surface area (Å²) in [7, 11) is -3.49. The topological polar surface area (TPSA) is 117 Å². The van der Waals surface area contributed by atoms with Crippen LogP contribution in [0.4, 0.5) is 5.95 Å². The van der Waals surface area contributed by atoms with Gasteiger partial charge in [0.1, 0.15) is 12.3 Å². The lowest BCUT2D eigenvalue weighted by Gasteiger charge is -2.28. The fourth-order valence-corrected chi connectivity index (χ4v) is 5.54. The van der Waals surface area contributed by atoms with Crippen molar-refractivity contribution < 1.29 is 13.6 Å². The summed E-state index contributed by atoms with van der Waals surface area (Å²) in [6, 6.07) is 0. The first-order chi connectivity index (χ1) is 12.8. The van der Waals surface area contributed by atoms with Gasteiger partial charge in [-0.2, -0.15) is 4.98 Å². The van der Waals surface area contributed by atoms with Crippen molar-refractivity contribution in [3.8, 4) is 0 Å². The summed E-state index contributed by atoms with van der Waals surface area (Å²) in [5.41, 5.74) is 5.96. The summed E-state index contributed by atoms with van der Waals surface area (Å²) in [4.78, 5) is 23.2. The maximum atomic E-state index is 12.2. The van der Waals surface area contributed by atoms with Crippen molar-refractivity contribution in [3.63, 3.8) is 0 Å². The van der Waals surface area contributed by atoms with Crippen LogP contribution in [-0.4, -0.2) is 55.0 Å². The Morgan fingerprint density at radius 2 is 1.93 bits per heavy atom. The van der Waals surface area contributed by atoms with Gasteiger partial charge in [-0.05, 0) is 55.2 Å². The smallest absolute Gasteiger partial charge is 0.280 e. The second-order valence-electron chi connectivity index (χ2n) is 8.93. The summed E-state index contributed by atoms with van der Waals surface area (Å²) >= 11 is 3.43. The van der Waals surface area contributed by atoms with Crippen molar-refractivity contribution in [2.45, 2.75) is 64.1 Å². The summed E-state index contributed by atoms with van der Waals surface area (Å²) in [6.45, 7) is 13.4. The molecule has 0 aliphatic carbocycles. The molecule has 0 spiro atoms. The van der Waals surface area contributed by atoms with Crippen molar-refractivity contribution in [1.29, 1.82) is 0 Å². The van der Waals surface area contributed by atoms with Crippen LogP contribution >= 0.6 is 15.9 Å². The van der Waals surface area contributed by atoms with Crippen molar-refractivity contribution in [2.24, 2.45) is 0 Å². The Kier molecular flexibility index (Phi) is 5.91. The molecule has 156 valence electrons. The number of nitrogens with zero attached hydrogens (tertiary/aromatic N) is 3. The second-order valence-corrected chi connectivity index (χ2v) is 18.6. The molecule has 12 heteroatoms. The molecule has 1 aliphatic heterocycles. The number of aromatic nitrogens is 4. The van der Waals surface area contributed by atoms with Crippen LogP contribution in [0, 0.1) is 0 Å². The van der Waals surface area contributed by atoms with E-state index in [-0.39, 0.29) is 35.5 Å². The van der Waals surface area contributed by atoms with Crippen LogP contribution in [0.1, 0.15) is 12.6 Å². The van der Waals surface area contributed by atoms with Crippen LogP contribution in [0.5, 0.6) is 0 Å². The molecule has 0 amide bonds. The van der Waals surface area contributed by atoms with Crippen molar-refractivity contribution >= 4 is 49.7 Å². The SMILES string of the molecule is C[Si](C)(C)OC[C@H]1O[C@@H](n2c(Br)nc3c(=O)[nH]c(N)nc32)C[C@@H]1O[Si](C)(C)C. The standard InChI is InChI=1S/C16H28BrN5O4Si2/c1-27(2,3)24-8-10-9(26-28(4,5)6)7-11(25-10)22-13-12(19-15(22)17)14(23)21-16(18)20-13/h9-11H,7-8H2,1-6H3,(H3,18,20,21,23)/t9-,10+,11+/m0/s1. The molecule has 3 atom stereocenters. The lowest BCUT2D eigenvalue weighted by Crippen LogP contribution is -2.40. The lowest BCUT2D eigenvalue weighted by molar-refractivity contribution is -0.0374. The maximum absolute atomic E-state index is 12.2. The van der Waals surface area contributed by atoms with Crippen molar-refractivity contribution in [3.05, 3.63) is 15.1 Å². The van der Waals surface area contributed by atoms with Gasteiger partial charge in [-0.3, -0.25) is 14.3 Å². The Balaban J connectivity index is 1.94. The Bertz CT molecular complexity index is 921. The highest BCUT2D eigenvalue weighted by molar-refractivity contribution is 9.10. The van der Waals surface area contributed by atoms with Gasteiger partial charge in [0.2, 0.25) is 5.95 Å². The molecule has 0 aromatic carbocycles. The number of aromatic amines is 1. The van der Waals surface area contributed by atoms with Crippen LogP contribution in [0.2, 0.25) is 39.3 Å². The molecule has 28 heavy (non-hydrogen) atoms.